The largest absolute Gasteiger partial charge is 0.489 e. The van der Waals surface area contributed by atoms with E-state index in [1.54, 1.807) is 0 Å². The Bertz CT molecular complexity index is 2180. The number of anilines is 2. The highest BCUT2D eigenvalue weighted by Gasteiger charge is 2.56. The topological polar surface area (TPSA) is 134 Å². The van der Waals surface area contributed by atoms with Crippen LogP contribution in [0.2, 0.25) is 5.02 Å². The Labute approximate surface area is 294 Å². The molecule has 9 rings (SSSR count). The van der Waals surface area contributed by atoms with E-state index in [0.717, 1.165) is 30.7 Å². The Kier molecular flexibility index (Phi) is 7.31. The van der Waals surface area contributed by atoms with Crippen LogP contribution >= 0.6 is 22.9 Å². The molecule has 50 heavy (non-hydrogen) atoms. The standard InChI is InChI=1S/C35H31ClF3N7O3S/c36-26-24(19-2-3-21(38)30-23(19)20(11-40)31(42)50-30)27(39)28-25-29(26)48-14-22(34(15-41)6-7-34)46(18-4-9-47-13-18)32(25)44-33(43-28)49-16-35-5-1-8-45(35)12-17(37)10-35/h2-3,17-18,22H,1,4-10,12-14,16,42H2/t17-,18?,22?,35+/m1/s1. The molecule has 4 atom stereocenters. The van der Waals surface area contributed by atoms with Crippen molar-refractivity contribution in [2.75, 3.05) is 50.2 Å². The summed E-state index contributed by atoms with van der Waals surface area (Å²) in [5.41, 5.74) is 4.73. The van der Waals surface area contributed by atoms with E-state index in [-0.39, 0.29) is 78.7 Å². The van der Waals surface area contributed by atoms with Crippen LogP contribution in [0.3, 0.4) is 0 Å². The SMILES string of the molecule is N#Cc1c(N)sc2c(F)ccc(-c3c(Cl)c4c5c(nc(OC[C@@]67CCCN6C[C@H](F)C7)nc5c3F)N(C3CCOC3)C(C3(C#N)CC3)CO4)c12. The first kappa shape index (κ1) is 31.9. The Morgan fingerprint density at radius 2 is 2.00 bits per heavy atom. The van der Waals surface area contributed by atoms with E-state index in [1.807, 2.05) is 11.0 Å². The van der Waals surface area contributed by atoms with Gasteiger partial charge in [-0.25, -0.2) is 13.2 Å². The van der Waals surface area contributed by atoms with Gasteiger partial charge in [0.25, 0.3) is 0 Å². The van der Waals surface area contributed by atoms with E-state index in [2.05, 4.69) is 16.0 Å². The Balaban J connectivity index is 1.29. The van der Waals surface area contributed by atoms with Crippen LogP contribution in [0.25, 0.3) is 32.1 Å². The number of thiophene rings is 1. The number of rotatable bonds is 6. The minimum atomic E-state index is -0.973. The summed E-state index contributed by atoms with van der Waals surface area (Å²) >= 11 is 8.02. The summed E-state index contributed by atoms with van der Waals surface area (Å²) in [4.78, 5) is 13.7. The average molecular weight is 722 g/mol. The molecule has 2 unspecified atom stereocenters. The highest BCUT2D eigenvalue weighted by atomic mass is 35.5. The molecule has 5 aliphatic rings. The fourth-order valence-corrected chi connectivity index (χ4v) is 9.94. The summed E-state index contributed by atoms with van der Waals surface area (Å²) in [6.45, 7) is 2.12. The zero-order valence-corrected chi connectivity index (χ0v) is 28.3. The molecular weight excluding hydrogens is 691 g/mol. The van der Waals surface area contributed by atoms with Crippen molar-refractivity contribution in [2.24, 2.45) is 5.41 Å². The van der Waals surface area contributed by atoms with E-state index in [9.17, 15) is 14.9 Å². The van der Waals surface area contributed by atoms with Gasteiger partial charge in [0.05, 0.1) is 56.4 Å². The molecule has 10 nitrogen and oxygen atoms in total. The van der Waals surface area contributed by atoms with Crippen LogP contribution in [0.5, 0.6) is 11.8 Å². The minimum absolute atomic E-state index is 0.00881. The van der Waals surface area contributed by atoms with Gasteiger partial charge in [-0.3, -0.25) is 4.90 Å². The number of nitrogens with zero attached hydrogens (tertiary/aromatic N) is 6. The lowest BCUT2D eigenvalue weighted by Crippen LogP contribution is -2.51. The van der Waals surface area contributed by atoms with Crippen molar-refractivity contribution in [1.29, 1.82) is 10.5 Å². The lowest BCUT2D eigenvalue weighted by Gasteiger charge is -2.38. The number of nitrogens with two attached hydrogens (primary N) is 1. The van der Waals surface area contributed by atoms with Gasteiger partial charge < -0.3 is 24.8 Å². The van der Waals surface area contributed by atoms with Crippen LogP contribution in [0.1, 0.15) is 44.1 Å². The first-order valence-electron chi connectivity index (χ1n) is 16.7. The number of benzene rings is 2. The van der Waals surface area contributed by atoms with Crippen LogP contribution in [-0.2, 0) is 4.74 Å². The summed E-state index contributed by atoms with van der Waals surface area (Å²) in [6.07, 6.45) is 2.95. The highest BCUT2D eigenvalue weighted by Crippen LogP contribution is 2.56. The van der Waals surface area contributed by atoms with Crippen molar-refractivity contribution in [2.45, 2.75) is 62.3 Å². The summed E-state index contributed by atoms with van der Waals surface area (Å²) in [7, 11) is 0. The molecule has 4 fully saturated rings. The number of hydrogen-bond donors (Lipinski definition) is 1. The third-order valence-corrected chi connectivity index (χ3v) is 12.7. The molecule has 258 valence electrons. The second-order valence-corrected chi connectivity index (χ2v) is 15.5. The molecule has 4 aromatic rings. The second-order valence-electron chi connectivity index (χ2n) is 14.0. The maximum absolute atomic E-state index is 17.4. The number of alkyl halides is 1. The van der Waals surface area contributed by atoms with Crippen molar-refractivity contribution in [3.05, 3.63) is 34.4 Å². The summed E-state index contributed by atoms with van der Waals surface area (Å²) in [6, 6.07) is 6.29. The second kappa shape index (κ2) is 11.5. The van der Waals surface area contributed by atoms with Gasteiger partial charge in [-0.1, -0.05) is 17.7 Å². The van der Waals surface area contributed by atoms with Crippen LogP contribution in [0.4, 0.5) is 24.0 Å². The van der Waals surface area contributed by atoms with Crippen molar-refractivity contribution < 1.29 is 27.4 Å². The molecule has 2 aromatic carbocycles. The molecule has 1 aliphatic carbocycles. The monoisotopic (exact) mass is 721 g/mol. The molecule has 2 aromatic heterocycles. The summed E-state index contributed by atoms with van der Waals surface area (Å²) in [5, 5.41) is 20.7. The molecule has 0 amide bonds. The van der Waals surface area contributed by atoms with Crippen molar-refractivity contribution in [3.63, 3.8) is 0 Å². The van der Waals surface area contributed by atoms with Crippen LogP contribution < -0.4 is 20.1 Å². The Morgan fingerprint density at radius 1 is 1.16 bits per heavy atom. The molecule has 0 spiro atoms. The first-order valence-corrected chi connectivity index (χ1v) is 17.9. The lowest BCUT2D eigenvalue weighted by molar-refractivity contribution is 0.107. The molecule has 6 heterocycles. The van der Waals surface area contributed by atoms with Gasteiger partial charge in [0.15, 0.2) is 11.6 Å². The maximum Gasteiger partial charge on any atom is 0.319 e. The number of nitrogen functional groups attached to an aromatic ring is 1. The van der Waals surface area contributed by atoms with E-state index < -0.39 is 34.8 Å². The molecule has 0 radical (unpaired) electrons. The van der Waals surface area contributed by atoms with E-state index in [0.29, 0.717) is 51.3 Å². The zero-order valence-electron chi connectivity index (χ0n) is 26.8. The Morgan fingerprint density at radius 3 is 2.74 bits per heavy atom. The summed E-state index contributed by atoms with van der Waals surface area (Å²) < 4.78 is 65.8. The molecule has 15 heteroatoms. The zero-order chi connectivity index (χ0) is 34.5. The van der Waals surface area contributed by atoms with Gasteiger partial charge in [-0.05, 0) is 50.3 Å². The minimum Gasteiger partial charge on any atom is -0.489 e. The number of ether oxygens (including phenoxy) is 3. The number of nitriles is 2. The van der Waals surface area contributed by atoms with Crippen molar-refractivity contribution >= 4 is 54.7 Å². The number of aromatic nitrogens is 2. The van der Waals surface area contributed by atoms with Crippen LogP contribution in [0, 0.1) is 39.7 Å². The third kappa shape index (κ3) is 4.58. The number of halogens is 4. The van der Waals surface area contributed by atoms with Gasteiger partial charge >= 0.3 is 6.01 Å². The van der Waals surface area contributed by atoms with Crippen LogP contribution in [-0.4, -0.2) is 78.2 Å². The maximum atomic E-state index is 17.4. The van der Waals surface area contributed by atoms with Gasteiger partial charge in [0.1, 0.15) is 47.6 Å². The summed E-state index contributed by atoms with van der Waals surface area (Å²) in [5.74, 6) is -1.04. The van der Waals surface area contributed by atoms with E-state index in [4.69, 9.17) is 36.5 Å². The molecular formula is C35H31ClF3N7O3S. The van der Waals surface area contributed by atoms with Gasteiger partial charge in [0.2, 0.25) is 0 Å². The molecule has 4 aliphatic heterocycles. The highest BCUT2D eigenvalue weighted by molar-refractivity contribution is 7.23. The number of fused-ring (bicyclic) bond motifs is 2. The normalized spacial score (nSPS) is 26.8. The molecule has 1 saturated carbocycles. The smallest absolute Gasteiger partial charge is 0.319 e. The third-order valence-electron chi connectivity index (χ3n) is 11.3. The fraction of sp³-hybridized carbons (Fsp3) is 0.486. The molecule has 2 N–H and O–H groups in total. The van der Waals surface area contributed by atoms with Crippen molar-refractivity contribution in [1.82, 2.24) is 14.9 Å². The lowest BCUT2D eigenvalue weighted by atomic mass is 9.94. The predicted molar refractivity (Wildman–Crippen MR) is 181 cm³/mol. The Hall–Kier alpha value is -4.08. The van der Waals surface area contributed by atoms with Gasteiger partial charge in [-0.15, -0.1) is 11.3 Å². The van der Waals surface area contributed by atoms with E-state index >= 15 is 8.78 Å². The van der Waals surface area contributed by atoms with Crippen molar-refractivity contribution in [3.8, 4) is 35.0 Å². The van der Waals surface area contributed by atoms with E-state index in [1.165, 1.54) is 12.1 Å². The molecule has 0 bridgehead atoms. The van der Waals surface area contributed by atoms with Gasteiger partial charge in [0, 0.05) is 30.5 Å². The van der Waals surface area contributed by atoms with Gasteiger partial charge in [-0.2, -0.15) is 20.5 Å². The quantitative estimate of drug-likeness (QED) is 0.235. The van der Waals surface area contributed by atoms with Crippen LogP contribution in [0.15, 0.2) is 12.1 Å². The predicted octanol–water partition coefficient (Wildman–Crippen LogP) is 6.51. The fourth-order valence-electron chi connectivity index (χ4n) is 8.65. The average Bonchev–Trinajstić information content (AvgIpc) is 3.33. The number of hydrogen-bond acceptors (Lipinski definition) is 11. The first-order chi connectivity index (χ1) is 24.2. The molecule has 3 saturated heterocycles.